The van der Waals surface area contributed by atoms with Gasteiger partial charge >= 0.3 is 6.18 Å². The normalized spacial score (nSPS) is 17.3. The lowest BCUT2D eigenvalue weighted by Crippen LogP contribution is -2.29. The quantitative estimate of drug-likeness (QED) is 0.751. The van der Waals surface area contributed by atoms with Crippen molar-refractivity contribution in [2.75, 3.05) is 30.9 Å². The van der Waals surface area contributed by atoms with Gasteiger partial charge in [0.1, 0.15) is 4.90 Å². The lowest BCUT2D eigenvalue weighted by atomic mass is 10.1. The number of sulfonamides is 1. The van der Waals surface area contributed by atoms with Crippen LogP contribution >= 0.6 is 0 Å². The Morgan fingerprint density at radius 2 is 1.81 bits per heavy atom. The third-order valence-electron chi connectivity index (χ3n) is 4.88. The number of amides is 2. The smallest absolute Gasteiger partial charge is 0.325 e. The second kappa shape index (κ2) is 8.31. The number of nitrogens with zero attached hydrogens (tertiary/aromatic N) is 2. The van der Waals surface area contributed by atoms with Crippen LogP contribution in [0.2, 0.25) is 0 Å². The molecular formula is C20H20F3N3O4S. The first-order valence-electron chi connectivity index (χ1n) is 9.21. The lowest BCUT2D eigenvalue weighted by molar-refractivity contribution is -0.137. The molecule has 7 nitrogen and oxygen atoms in total. The highest BCUT2D eigenvalue weighted by Crippen LogP contribution is 2.34. The van der Waals surface area contributed by atoms with Gasteiger partial charge in [-0.2, -0.15) is 13.2 Å². The van der Waals surface area contributed by atoms with Crippen LogP contribution in [-0.2, 0) is 25.8 Å². The molecule has 1 unspecified atom stereocenters. The number of anilines is 2. The Kier molecular flexibility index (Phi) is 6.10. The SMILES string of the molecule is CN(C)S(=O)(=O)c1ccccc1NC(=O)C1CC(=O)N(c2cccc(C(F)(F)F)c2)C1. The topological polar surface area (TPSA) is 86.8 Å². The average molecular weight is 455 g/mol. The second-order valence-electron chi connectivity index (χ2n) is 7.23. The first kappa shape index (κ1) is 22.8. The lowest BCUT2D eigenvalue weighted by Gasteiger charge is -2.19. The standard InChI is InChI=1S/C20H20F3N3O4S/c1-25(2)31(29,30)17-9-4-3-8-16(17)24-19(28)13-10-18(27)26(12-13)15-7-5-6-14(11-15)20(21,22)23/h3-9,11,13H,10,12H2,1-2H3,(H,24,28). The van der Waals surface area contributed by atoms with Crippen molar-refractivity contribution in [1.82, 2.24) is 4.31 Å². The van der Waals surface area contributed by atoms with Gasteiger partial charge in [-0.05, 0) is 30.3 Å². The minimum absolute atomic E-state index is 0.0470. The molecule has 2 aromatic rings. The summed E-state index contributed by atoms with van der Waals surface area (Å²) in [7, 11) is -1.11. The summed E-state index contributed by atoms with van der Waals surface area (Å²) in [5, 5.41) is 2.54. The maximum absolute atomic E-state index is 13.0. The summed E-state index contributed by atoms with van der Waals surface area (Å²) in [6.45, 7) is -0.116. The van der Waals surface area contributed by atoms with Crippen molar-refractivity contribution in [3.05, 3.63) is 54.1 Å². The van der Waals surface area contributed by atoms with Crippen molar-refractivity contribution in [3.63, 3.8) is 0 Å². The van der Waals surface area contributed by atoms with Crippen LogP contribution in [0.1, 0.15) is 12.0 Å². The third-order valence-corrected chi connectivity index (χ3v) is 6.76. The largest absolute Gasteiger partial charge is 0.416 e. The molecule has 3 rings (SSSR count). The first-order chi connectivity index (χ1) is 14.4. The van der Waals surface area contributed by atoms with E-state index in [0.29, 0.717) is 0 Å². The number of hydrogen-bond acceptors (Lipinski definition) is 4. The Balaban J connectivity index is 1.80. The number of para-hydroxylation sites is 1. The number of hydrogen-bond donors (Lipinski definition) is 1. The average Bonchev–Trinajstić information content (AvgIpc) is 3.09. The van der Waals surface area contributed by atoms with E-state index in [1.807, 2.05) is 0 Å². The van der Waals surface area contributed by atoms with E-state index in [1.165, 1.54) is 44.4 Å². The molecular weight excluding hydrogens is 435 g/mol. The fraction of sp³-hybridized carbons (Fsp3) is 0.300. The van der Waals surface area contributed by atoms with Gasteiger partial charge in [0.2, 0.25) is 21.8 Å². The predicted molar refractivity (Wildman–Crippen MR) is 108 cm³/mol. The molecule has 0 radical (unpaired) electrons. The van der Waals surface area contributed by atoms with Crippen molar-refractivity contribution in [2.24, 2.45) is 5.92 Å². The van der Waals surface area contributed by atoms with Crippen molar-refractivity contribution < 1.29 is 31.2 Å². The van der Waals surface area contributed by atoms with Crippen molar-refractivity contribution in [1.29, 1.82) is 0 Å². The molecule has 1 aliphatic heterocycles. The first-order valence-corrected chi connectivity index (χ1v) is 10.7. The Hall–Kier alpha value is -2.92. The number of benzene rings is 2. The summed E-state index contributed by atoms with van der Waals surface area (Å²) in [6, 6.07) is 10.2. The third kappa shape index (κ3) is 4.72. The van der Waals surface area contributed by atoms with Gasteiger partial charge in [-0.1, -0.05) is 18.2 Å². The number of halogens is 3. The molecule has 11 heteroatoms. The molecule has 0 aromatic heterocycles. The molecule has 1 saturated heterocycles. The Bertz CT molecular complexity index is 1120. The van der Waals surface area contributed by atoms with Crippen LogP contribution in [0.3, 0.4) is 0 Å². The van der Waals surface area contributed by atoms with Gasteiger partial charge in [0, 0.05) is 32.7 Å². The number of nitrogens with one attached hydrogen (secondary N) is 1. The Morgan fingerprint density at radius 1 is 1.13 bits per heavy atom. The fourth-order valence-electron chi connectivity index (χ4n) is 3.21. The number of carbonyl (C=O) groups is 2. The Labute approximate surface area is 177 Å². The molecule has 1 heterocycles. The molecule has 31 heavy (non-hydrogen) atoms. The van der Waals surface area contributed by atoms with Gasteiger partial charge < -0.3 is 10.2 Å². The summed E-state index contributed by atoms with van der Waals surface area (Å²) >= 11 is 0. The molecule has 0 bridgehead atoms. The molecule has 0 saturated carbocycles. The monoisotopic (exact) mass is 455 g/mol. The van der Waals surface area contributed by atoms with Gasteiger partial charge in [-0.15, -0.1) is 0 Å². The van der Waals surface area contributed by atoms with E-state index >= 15 is 0 Å². The molecule has 166 valence electrons. The highest BCUT2D eigenvalue weighted by molar-refractivity contribution is 7.89. The molecule has 1 N–H and O–H groups in total. The number of carbonyl (C=O) groups excluding carboxylic acids is 2. The van der Waals surface area contributed by atoms with Crippen molar-refractivity contribution >= 4 is 33.2 Å². The zero-order chi connectivity index (χ0) is 23.0. The zero-order valence-electron chi connectivity index (χ0n) is 16.7. The van der Waals surface area contributed by atoms with E-state index < -0.39 is 39.5 Å². The molecule has 2 aromatic carbocycles. The van der Waals surface area contributed by atoms with Gasteiger partial charge in [-0.25, -0.2) is 12.7 Å². The molecule has 1 aliphatic rings. The van der Waals surface area contributed by atoms with E-state index in [0.717, 1.165) is 21.3 Å². The van der Waals surface area contributed by atoms with Gasteiger partial charge in [-0.3, -0.25) is 9.59 Å². The van der Waals surface area contributed by atoms with Gasteiger partial charge in [0.15, 0.2) is 0 Å². The van der Waals surface area contributed by atoms with Crippen molar-refractivity contribution in [2.45, 2.75) is 17.5 Å². The van der Waals surface area contributed by atoms with E-state index in [9.17, 15) is 31.2 Å². The highest BCUT2D eigenvalue weighted by atomic mass is 32.2. The Morgan fingerprint density at radius 3 is 2.45 bits per heavy atom. The molecule has 1 fully saturated rings. The van der Waals surface area contributed by atoms with Gasteiger partial charge in [0.05, 0.1) is 17.2 Å². The summed E-state index contributed by atoms with van der Waals surface area (Å²) in [5.74, 6) is -1.94. The minimum atomic E-state index is -4.56. The number of alkyl halides is 3. The molecule has 0 spiro atoms. The maximum Gasteiger partial charge on any atom is 0.416 e. The minimum Gasteiger partial charge on any atom is -0.325 e. The van der Waals surface area contributed by atoms with Crippen LogP contribution in [-0.4, -0.2) is 45.2 Å². The predicted octanol–water partition coefficient (Wildman–Crippen LogP) is 2.95. The van der Waals surface area contributed by atoms with E-state index in [2.05, 4.69) is 5.32 Å². The van der Waals surface area contributed by atoms with Crippen LogP contribution in [0.4, 0.5) is 24.5 Å². The highest BCUT2D eigenvalue weighted by Gasteiger charge is 2.37. The van der Waals surface area contributed by atoms with Crippen molar-refractivity contribution in [3.8, 4) is 0 Å². The van der Waals surface area contributed by atoms with Crippen LogP contribution in [0.25, 0.3) is 0 Å². The summed E-state index contributed by atoms with van der Waals surface area (Å²) < 4.78 is 64.9. The van der Waals surface area contributed by atoms with Crippen LogP contribution in [0.15, 0.2) is 53.4 Å². The fourth-order valence-corrected chi connectivity index (χ4v) is 4.25. The molecule has 1 atom stereocenters. The van der Waals surface area contributed by atoms with E-state index in [4.69, 9.17) is 0 Å². The van der Waals surface area contributed by atoms with Crippen LogP contribution in [0, 0.1) is 5.92 Å². The van der Waals surface area contributed by atoms with E-state index in [-0.39, 0.29) is 29.2 Å². The van der Waals surface area contributed by atoms with Crippen LogP contribution < -0.4 is 10.2 Å². The summed E-state index contributed by atoms with van der Waals surface area (Å²) in [4.78, 5) is 26.1. The van der Waals surface area contributed by atoms with E-state index in [1.54, 1.807) is 6.07 Å². The zero-order valence-corrected chi connectivity index (χ0v) is 17.5. The second-order valence-corrected chi connectivity index (χ2v) is 9.35. The molecule has 0 aliphatic carbocycles. The van der Waals surface area contributed by atoms with Crippen LogP contribution in [0.5, 0.6) is 0 Å². The molecule has 2 amide bonds. The summed E-state index contributed by atoms with van der Waals surface area (Å²) in [6.07, 6.45) is -4.76. The maximum atomic E-state index is 13.0. The van der Waals surface area contributed by atoms with Gasteiger partial charge in [0.25, 0.3) is 0 Å². The number of rotatable bonds is 5. The summed E-state index contributed by atoms with van der Waals surface area (Å²) in [5.41, 5.74) is -0.787.